The van der Waals surface area contributed by atoms with E-state index in [0.29, 0.717) is 5.88 Å². The van der Waals surface area contributed by atoms with E-state index in [-0.39, 0.29) is 0 Å². The van der Waals surface area contributed by atoms with E-state index in [1.165, 1.54) is 0 Å². The molecule has 2 rings (SSSR count). The van der Waals surface area contributed by atoms with Gasteiger partial charge >= 0.3 is 0 Å². The third-order valence-corrected chi connectivity index (χ3v) is 3.54. The first-order chi connectivity index (χ1) is 9.65. The molecular weight excluding hydrogens is 272 g/mol. The van der Waals surface area contributed by atoms with Gasteiger partial charge in [-0.3, -0.25) is 4.98 Å². The molecule has 1 heterocycles. The van der Waals surface area contributed by atoms with Crippen molar-refractivity contribution in [2.45, 2.75) is 19.3 Å². The van der Waals surface area contributed by atoms with Gasteiger partial charge in [0.15, 0.2) is 0 Å². The molecule has 0 aliphatic heterocycles. The molecule has 20 heavy (non-hydrogen) atoms. The highest BCUT2D eigenvalue weighted by atomic mass is 35.5. The third kappa shape index (κ3) is 3.23. The first-order valence-corrected chi connectivity index (χ1v) is 7.03. The van der Waals surface area contributed by atoms with Gasteiger partial charge in [-0.2, -0.15) is 0 Å². The summed E-state index contributed by atoms with van der Waals surface area (Å²) in [7, 11) is 3.75. The number of ether oxygens (including phenoxy) is 1. The number of para-hydroxylation sites is 1. The van der Waals surface area contributed by atoms with Gasteiger partial charge < -0.3 is 9.64 Å². The van der Waals surface area contributed by atoms with Crippen molar-refractivity contribution in [1.29, 1.82) is 0 Å². The van der Waals surface area contributed by atoms with Crippen molar-refractivity contribution in [3.63, 3.8) is 0 Å². The molecule has 0 unspecified atom stereocenters. The van der Waals surface area contributed by atoms with Crippen LogP contribution in [0.4, 0.5) is 5.69 Å². The van der Waals surface area contributed by atoms with E-state index in [1.54, 1.807) is 7.11 Å². The van der Waals surface area contributed by atoms with Crippen LogP contribution in [-0.4, -0.2) is 19.1 Å². The summed E-state index contributed by atoms with van der Waals surface area (Å²) in [6.45, 7) is 2.75. The van der Waals surface area contributed by atoms with Crippen molar-refractivity contribution in [1.82, 2.24) is 4.98 Å². The smallest absolute Gasteiger partial charge is 0.123 e. The van der Waals surface area contributed by atoms with Crippen LogP contribution < -0.4 is 9.64 Å². The molecule has 0 amide bonds. The summed E-state index contributed by atoms with van der Waals surface area (Å²) in [5.74, 6) is 1.36. The standard InChI is InChI=1S/C16H19ClN2O/c1-12-8-15(14(9-17)10-18-12)19(2)11-13-6-4-5-7-16(13)20-3/h4-8,10H,9,11H2,1-3H3. The second-order valence-electron chi connectivity index (χ2n) is 4.76. The minimum atomic E-state index is 0.457. The van der Waals surface area contributed by atoms with Gasteiger partial charge in [-0.15, -0.1) is 11.6 Å². The van der Waals surface area contributed by atoms with Gasteiger partial charge in [0, 0.05) is 42.3 Å². The van der Waals surface area contributed by atoms with Crippen LogP contribution in [0.25, 0.3) is 0 Å². The Bertz CT molecular complexity index is 586. The summed E-state index contributed by atoms with van der Waals surface area (Å²) >= 11 is 6.00. The quantitative estimate of drug-likeness (QED) is 0.784. The van der Waals surface area contributed by atoms with Crippen molar-refractivity contribution < 1.29 is 4.74 Å². The molecule has 1 aromatic heterocycles. The average Bonchev–Trinajstić information content (AvgIpc) is 2.47. The molecule has 4 heteroatoms. The van der Waals surface area contributed by atoms with E-state index in [9.17, 15) is 0 Å². The number of benzene rings is 1. The minimum Gasteiger partial charge on any atom is -0.496 e. The number of aromatic nitrogens is 1. The van der Waals surface area contributed by atoms with Gasteiger partial charge in [0.2, 0.25) is 0 Å². The number of methoxy groups -OCH3 is 1. The number of aryl methyl sites for hydroxylation is 1. The molecular formula is C16H19ClN2O. The second-order valence-corrected chi connectivity index (χ2v) is 5.02. The second kappa shape index (κ2) is 6.62. The third-order valence-electron chi connectivity index (χ3n) is 3.25. The van der Waals surface area contributed by atoms with Crippen molar-refractivity contribution in [2.75, 3.05) is 19.1 Å². The molecule has 2 aromatic rings. The average molecular weight is 291 g/mol. The fraction of sp³-hybridized carbons (Fsp3) is 0.312. The van der Waals surface area contributed by atoms with Gasteiger partial charge in [0.1, 0.15) is 5.75 Å². The highest BCUT2D eigenvalue weighted by molar-refractivity contribution is 6.17. The molecule has 0 spiro atoms. The van der Waals surface area contributed by atoms with Crippen LogP contribution >= 0.6 is 11.6 Å². The van der Waals surface area contributed by atoms with E-state index in [4.69, 9.17) is 16.3 Å². The van der Waals surface area contributed by atoms with Crippen LogP contribution in [0.5, 0.6) is 5.75 Å². The largest absolute Gasteiger partial charge is 0.496 e. The normalized spacial score (nSPS) is 10.4. The molecule has 3 nitrogen and oxygen atoms in total. The van der Waals surface area contributed by atoms with Gasteiger partial charge in [0.05, 0.1) is 13.0 Å². The van der Waals surface area contributed by atoms with Crippen LogP contribution in [0.3, 0.4) is 0 Å². The Morgan fingerprint density at radius 2 is 2.00 bits per heavy atom. The zero-order valence-corrected chi connectivity index (χ0v) is 12.8. The number of hydrogen-bond acceptors (Lipinski definition) is 3. The van der Waals surface area contributed by atoms with Crippen LogP contribution in [0.2, 0.25) is 0 Å². The Balaban J connectivity index is 2.28. The number of alkyl halides is 1. The van der Waals surface area contributed by atoms with Gasteiger partial charge in [-0.25, -0.2) is 0 Å². The Hall–Kier alpha value is -1.74. The first-order valence-electron chi connectivity index (χ1n) is 6.50. The summed E-state index contributed by atoms with van der Waals surface area (Å²) in [6.07, 6.45) is 1.84. The molecule has 0 radical (unpaired) electrons. The molecule has 0 saturated carbocycles. The molecule has 0 saturated heterocycles. The Morgan fingerprint density at radius 1 is 1.25 bits per heavy atom. The fourth-order valence-electron chi connectivity index (χ4n) is 2.21. The lowest BCUT2D eigenvalue weighted by atomic mass is 10.1. The lowest BCUT2D eigenvalue weighted by Crippen LogP contribution is -2.18. The first kappa shape index (κ1) is 14.7. The van der Waals surface area contributed by atoms with E-state index < -0.39 is 0 Å². The minimum absolute atomic E-state index is 0.457. The van der Waals surface area contributed by atoms with Gasteiger partial charge in [0.25, 0.3) is 0 Å². The summed E-state index contributed by atoms with van der Waals surface area (Å²) < 4.78 is 5.40. The maximum absolute atomic E-state index is 6.00. The van der Waals surface area contributed by atoms with Gasteiger partial charge in [-0.05, 0) is 19.1 Å². The van der Waals surface area contributed by atoms with Crippen molar-refractivity contribution in [3.05, 3.63) is 53.3 Å². The van der Waals surface area contributed by atoms with E-state index in [1.807, 2.05) is 31.3 Å². The molecule has 0 atom stereocenters. The van der Waals surface area contributed by atoms with Crippen molar-refractivity contribution in [2.24, 2.45) is 0 Å². The molecule has 1 aromatic carbocycles. The summed E-state index contributed by atoms with van der Waals surface area (Å²) in [5, 5.41) is 0. The number of hydrogen-bond donors (Lipinski definition) is 0. The predicted octanol–water partition coefficient (Wildman–Crippen LogP) is 3.77. The molecule has 0 aliphatic carbocycles. The maximum Gasteiger partial charge on any atom is 0.123 e. The zero-order valence-electron chi connectivity index (χ0n) is 12.1. The number of halogens is 1. The highest BCUT2D eigenvalue weighted by Crippen LogP contribution is 2.25. The topological polar surface area (TPSA) is 25.4 Å². The van der Waals surface area contributed by atoms with E-state index in [0.717, 1.165) is 34.8 Å². The van der Waals surface area contributed by atoms with Crippen molar-refractivity contribution in [3.8, 4) is 5.75 Å². The van der Waals surface area contributed by atoms with Crippen LogP contribution in [0, 0.1) is 6.92 Å². The lowest BCUT2D eigenvalue weighted by Gasteiger charge is -2.23. The Morgan fingerprint density at radius 3 is 2.70 bits per heavy atom. The van der Waals surface area contributed by atoms with E-state index >= 15 is 0 Å². The predicted molar refractivity (Wildman–Crippen MR) is 83.6 cm³/mol. The fourth-order valence-corrected chi connectivity index (χ4v) is 2.41. The monoisotopic (exact) mass is 290 g/mol. The van der Waals surface area contributed by atoms with Crippen LogP contribution in [0.15, 0.2) is 36.5 Å². The van der Waals surface area contributed by atoms with Crippen LogP contribution in [-0.2, 0) is 12.4 Å². The summed E-state index contributed by atoms with van der Waals surface area (Å²) in [5.41, 5.74) is 4.28. The maximum atomic E-state index is 6.00. The SMILES string of the molecule is COc1ccccc1CN(C)c1cc(C)ncc1CCl. The molecule has 0 bridgehead atoms. The van der Waals surface area contributed by atoms with Gasteiger partial charge in [-0.1, -0.05) is 18.2 Å². The molecule has 106 valence electrons. The zero-order chi connectivity index (χ0) is 14.5. The molecule has 0 aliphatic rings. The molecule has 0 fully saturated rings. The lowest BCUT2D eigenvalue weighted by molar-refractivity contribution is 0.409. The Kier molecular flexibility index (Phi) is 4.85. The van der Waals surface area contributed by atoms with E-state index in [2.05, 4.69) is 29.1 Å². The number of anilines is 1. The number of nitrogens with zero attached hydrogens (tertiary/aromatic N) is 2. The van der Waals surface area contributed by atoms with Crippen molar-refractivity contribution >= 4 is 17.3 Å². The summed E-state index contributed by atoms with van der Waals surface area (Å²) in [6, 6.07) is 10.1. The molecule has 0 N–H and O–H groups in total. The number of rotatable bonds is 5. The highest BCUT2D eigenvalue weighted by Gasteiger charge is 2.11. The van der Waals surface area contributed by atoms with Crippen LogP contribution in [0.1, 0.15) is 16.8 Å². The summed E-state index contributed by atoms with van der Waals surface area (Å²) in [4.78, 5) is 6.47. The number of pyridine rings is 1. The Labute approximate surface area is 125 Å².